The number of amides is 3. The van der Waals surface area contributed by atoms with Crippen LogP contribution >= 0.6 is 0 Å². The monoisotopic (exact) mass is 464 g/mol. The number of rotatable bonds is 8. The molecule has 0 radical (unpaired) electrons. The number of esters is 1. The Morgan fingerprint density at radius 3 is 2.18 bits per heavy atom. The summed E-state index contributed by atoms with van der Waals surface area (Å²) in [6, 6.07) is 15.5. The molecule has 0 unspecified atom stereocenters. The Bertz CT molecular complexity index is 1030. The third kappa shape index (κ3) is 5.11. The first-order valence-electron chi connectivity index (χ1n) is 11.5. The average Bonchev–Trinajstić information content (AvgIpc) is 3.11. The maximum atomic E-state index is 13.0. The molecule has 0 spiro atoms. The Hall–Kier alpha value is -3.68. The summed E-state index contributed by atoms with van der Waals surface area (Å²) in [7, 11) is 1.55. The maximum absolute atomic E-state index is 13.0. The van der Waals surface area contributed by atoms with Crippen LogP contribution in [0.15, 0.2) is 54.6 Å². The number of anilines is 1. The number of hydrogen-bond donors (Lipinski definition) is 1. The van der Waals surface area contributed by atoms with Crippen molar-refractivity contribution in [3.8, 4) is 5.75 Å². The summed E-state index contributed by atoms with van der Waals surface area (Å²) >= 11 is 0. The highest BCUT2D eigenvalue weighted by molar-refractivity contribution is 6.05. The van der Waals surface area contributed by atoms with E-state index in [0.29, 0.717) is 17.0 Å². The van der Waals surface area contributed by atoms with E-state index in [0.717, 1.165) is 25.7 Å². The molecular weight excluding hydrogens is 436 g/mol. The van der Waals surface area contributed by atoms with Crippen LogP contribution in [0.1, 0.15) is 43.8 Å². The average molecular weight is 465 g/mol. The maximum Gasteiger partial charge on any atom is 0.308 e. The van der Waals surface area contributed by atoms with Crippen LogP contribution in [0.3, 0.4) is 0 Å². The Labute approximate surface area is 198 Å². The van der Waals surface area contributed by atoms with Gasteiger partial charge in [0.25, 0.3) is 5.91 Å². The van der Waals surface area contributed by atoms with Gasteiger partial charge in [0.1, 0.15) is 5.75 Å². The topological polar surface area (TPSA) is 102 Å². The number of methoxy groups -OCH3 is 1. The van der Waals surface area contributed by atoms with Crippen molar-refractivity contribution in [1.29, 1.82) is 0 Å². The van der Waals surface area contributed by atoms with Gasteiger partial charge in [-0.3, -0.25) is 24.1 Å². The lowest BCUT2D eigenvalue weighted by molar-refractivity contribution is -0.155. The number of carbonyl (C=O) groups is 4. The summed E-state index contributed by atoms with van der Waals surface area (Å²) in [4.78, 5) is 52.2. The first-order chi connectivity index (χ1) is 16.5. The van der Waals surface area contributed by atoms with Crippen molar-refractivity contribution in [2.45, 2.75) is 38.2 Å². The second kappa shape index (κ2) is 10.5. The van der Waals surface area contributed by atoms with Gasteiger partial charge in [-0.2, -0.15) is 0 Å². The molecule has 178 valence electrons. The molecule has 1 N–H and O–H groups in total. The molecule has 8 heteroatoms. The van der Waals surface area contributed by atoms with Gasteiger partial charge in [0.05, 0.1) is 25.4 Å². The highest BCUT2D eigenvalue weighted by Crippen LogP contribution is 2.38. The first-order valence-corrected chi connectivity index (χ1v) is 11.5. The molecule has 2 aromatic carbocycles. The lowest BCUT2D eigenvalue weighted by Crippen LogP contribution is -2.34. The predicted molar refractivity (Wildman–Crippen MR) is 124 cm³/mol. The second-order valence-corrected chi connectivity index (χ2v) is 8.57. The molecule has 3 atom stereocenters. The predicted octanol–water partition coefficient (Wildman–Crippen LogP) is 3.48. The molecule has 1 aliphatic heterocycles. The molecule has 34 heavy (non-hydrogen) atoms. The summed E-state index contributed by atoms with van der Waals surface area (Å²) < 4.78 is 10.7. The highest BCUT2D eigenvalue weighted by Gasteiger charge is 2.47. The summed E-state index contributed by atoms with van der Waals surface area (Å²) in [5.74, 6) is -1.43. The van der Waals surface area contributed by atoms with Gasteiger partial charge < -0.3 is 14.8 Å². The van der Waals surface area contributed by atoms with Gasteiger partial charge >= 0.3 is 5.97 Å². The number of carbonyl (C=O) groups excluding carboxylic acids is 4. The molecule has 2 aromatic rings. The van der Waals surface area contributed by atoms with Crippen molar-refractivity contribution in [2.75, 3.05) is 19.0 Å². The minimum atomic E-state index is -1.18. The largest absolute Gasteiger partial charge is 0.497 e. The number of imide groups is 1. The summed E-state index contributed by atoms with van der Waals surface area (Å²) in [6.07, 6.45) is 1.98. The van der Waals surface area contributed by atoms with Crippen LogP contribution in [0.25, 0.3) is 0 Å². The molecule has 0 aromatic heterocycles. The van der Waals surface area contributed by atoms with E-state index in [4.69, 9.17) is 9.47 Å². The molecule has 1 saturated heterocycles. The van der Waals surface area contributed by atoms with Crippen LogP contribution in [0.5, 0.6) is 5.75 Å². The second-order valence-electron chi connectivity index (χ2n) is 8.57. The fourth-order valence-corrected chi connectivity index (χ4v) is 4.63. The number of fused-ring (bicyclic) bond motifs is 1. The summed E-state index contributed by atoms with van der Waals surface area (Å²) in [5.41, 5.74) is 1.04. The molecule has 4 rings (SSSR count). The molecule has 1 aliphatic carbocycles. The van der Waals surface area contributed by atoms with E-state index in [1.807, 2.05) is 0 Å². The molecule has 1 heterocycles. The normalized spacial score (nSPS) is 20.4. The first kappa shape index (κ1) is 23.5. The molecule has 1 saturated carbocycles. The van der Waals surface area contributed by atoms with Crippen LogP contribution in [0.2, 0.25) is 0 Å². The lowest BCUT2D eigenvalue weighted by atomic mass is 9.81. The van der Waals surface area contributed by atoms with E-state index in [9.17, 15) is 19.2 Å². The zero-order valence-corrected chi connectivity index (χ0v) is 19.1. The molecule has 3 amide bonds. The van der Waals surface area contributed by atoms with Gasteiger partial charge in [-0.1, -0.05) is 43.2 Å². The fourth-order valence-electron chi connectivity index (χ4n) is 4.63. The van der Waals surface area contributed by atoms with Crippen LogP contribution in [-0.2, 0) is 23.9 Å². The summed E-state index contributed by atoms with van der Waals surface area (Å²) in [5, 5.41) is 2.75. The minimum absolute atomic E-state index is 0.0366. The van der Waals surface area contributed by atoms with Gasteiger partial charge in [-0.25, -0.2) is 0 Å². The molecule has 0 bridgehead atoms. The van der Waals surface area contributed by atoms with Crippen LogP contribution < -0.4 is 10.1 Å². The van der Waals surface area contributed by atoms with E-state index < -0.39 is 18.0 Å². The fraction of sp³-hybridized carbons (Fsp3) is 0.385. The Balaban J connectivity index is 1.41. The smallest absolute Gasteiger partial charge is 0.308 e. The van der Waals surface area contributed by atoms with Crippen molar-refractivity contribution in [1.82, 2.24) is 4.90 Å². The Kier molecular flexibility index (Phi) is 7.25. The van der Waals surface area contributed by atoms with Crippen molar-refractivity contribution >= 4 is 29.4 Å². The SMILES string of the molecule is COc1ccc(NC(=O)[C@H](OC(=O)CCN2C(=O)[C@@H]3CCCC[C@H]3C2=O)c2ccccc2)cc1. The van der Waals surface area contributed by atoms with Gasteiger partial charge in [-0.15, -0.1) is 0 Å². The molecule has 2 fully saturated rings. The third-order valence-corrected chi connectivity index (χ3v) is 6.42. The lowest BCUT2D eigenvalue weighted by Gasteiger charge is -2.19. The highest BCUT2D eigenvalue weighted by atomic mass is 16.5. The van der Waals surface area contributed by atoms with Crippen molar-refractivity contribution in [3.63, 3.8) is 0 Å². The number of benzene rings is 2. The zero-order valence-electron chi connectivity index (χ0n) is 19.1. The van der Waals surface area contributed by atoms with E-state index in [-0.39, 0.29) is 36.6 Å². The van der Waals surface area contributed by atoms with Crippen molar-refractivity contribution in [3.05, 3.63) is 60.2 Å². The van der Waals surface area contributed by atoms with Crippen LogP contribution in [0, 0.1) is 11.8 Å². The van der Waals surface area contributed by atoms with E-state index in [1.54, 1.807) is 61.7 Å². The minimum Gasteiger partial charge on any atom is -0.497 e. The number of ether oxygens (including phenoxy) is 2. The third-order valence-electron chi connectivity index (χ3n) is 6.42. The Morgan fingerprint density at radius 1 is 0.971 bits per heavy atom. The number of nitrogens with zero attached hydrogens (tertiary/aromatic N) is 1. The van der Waals surface area contributed by atoms with Crippen LogP contribution in [-0.4, -0.2) is 42.2 Å². The number of hydrogen-bond acceptors (Lipinski definition) is 6. The van der Waals surface area contributed by atoms with Crippen LogP contribution in [0.4, 0.5) is 5.69 Å². The van der Waals surface area contributed by atoms with E-state index in [1.165, 1.54) is 4.90 Å². The molecular formula is C26H28N2O6. The van der Waals surface area contributed by atoms with Crippen molar-refractivity contribution < 1.29 is 28.7 Å². The quantitative estimate of drug-likeness (QED) is 0.474. The summed E-state index contributed by atoms with van der Waals surface area (Å²) in [6.45, 7) is -0.0366. The zero-order chi connectivity index (χ0) is 24.1. The number of nitrogens with one attached hydrogen (secondary N) is 1. The van der Waals surface area contributed by atoms with Gasteiger partial charge in [0, 0.05) is 17.8 Å². The van der Waals surface area contributed by atoms with Gasteiger partial charge in [0.2, 0.25) is 17.9 Å². The standard InChI is InChI=1S/C26H28N2O6/c1-33-19-13-11-18(12-14-19)27-24(30)23(17-7-3-2-4-8-17)34-22(29)15-16-28-25(31)20-9-5-6-10-21(20)26(28)32/h2-4,7-8,11-14,20-21,23H,5-6,9-10,15-16H2,1H3,(H,27,30)/t20-,21-,23-/m1/s1. The number of likely N-dealkylation sites (tertiary alicyclic amines) is 1. The van der Waals surface area contributed by atoms with Gasteiger partial charge in [-0.05, 0) is 37.1 Å². The molecule has 2 aliphatic rings. The molecule has 8 nitrogen and oxygen atoms in total. The Morgan fingerprint density at radius 2 is 1.59 bits per heavy atom. The van der Waals surface area contributed by atoms with Crippen molar-refractivity contribution in [2.24, 2.45) is 11.8 Å². The van der Waals surface area contributed by atoms with E-state index in [2.05, 4.69) is 5.32 Å². The van der Waals surface area contributed by atoms with E-state index >= 15 is 0 Å². The van der Waals surface area contributed by atoms with Gasteiger partial charge in [0.15, 0.2) is 0 Å².